The maximum absolute atomic E-state index is 11.8. The Labute approximate surface area is 115 Å². The lowest BCUT2D eigenvalue weighted by atomic mass is 10.0. The highest BCUT2D eigenvalue weighted by Gasteiger charge is 2.19. The Morgan fingerprint density at radius 3 is 2.53 bits per heavy atom. The van der Waals surface area contributed by atoms with Crippen LogP contribution in [0.1, 0.15) is 45.2 Å². The minimum absolute atomic E-state index is 0.0472. The van der Waals surface area contributed by atoms with Crippen molar-refractivity contribution in [3.05, 3.63) is 48.6 Å². The van der Waals surface area contributed by atoms with E-state index in [0.717, 1.165) is 18.4 Å². The highest BCUT2D eigenvalue weighted by molar-refractivity contribution is 5.68. The van der Waals surface area contributed by atoms with Crippen molar-refractivity contribution in [3.63, 3.8) is 0 Å². The van der Waals surface area contributed by atoms with Gasteiger partial charge >= 0.3 is 6.09 Å². The number of allylic oxidation sites excluding steroid dienone is 1. The second-order valence-electron chi connectivity index (χ2n) is 5.48. The number of hydrogen-bond acceptors (Lipinski definition) is 2. The number of carbonyl (C=O) groups is 1. The van der Waals surface area contributed by atoms with Crippen molar-refractivity contribution in [2.75, 3.05) is 0 Å². The lowest BCUT2D eigenvalue weighted by Crippen LogP contribution is -2.35. The lowest BCUT2D eigenvalue weighted by Gasteiger charge is -2.23. The summed E-state index contributed by atoms with van der Waals surface area (Å²) in [5, 5.41) is 2.92. The summed E-state index contributed by atoms with van der Waals surface area (Å²) < 4.78 is 5.29. The van der Waals surface area contributed by atoms with E-state index in [1.807, 2.05) is 57.2 Å². The van der Waals surface area contributed by atoms with Gasteiger partial charge in [-0.1, -0.05) is 36.4 Å². The summed E-state index contributed by atoms with van der Waals surface area (Å²) in [6.45, 7) is 9.29. The van der Waals surface area contributed by atoms with E-state index in [0.29, 0.717) is 0 Å². The Balaban J connectivity index is 2.70. The van der Waals surface area contributed by atoms with Crippen molar-refractivity contribution in [3.8, 4) is 0 Å². The average molecular weight is 261 g/mol. The first-order valence-corrected chi connectivity index (χ1v) is 6.58. The fraction of sp³-hybridized carbons (Fsp3) is 0.438. The topological polar surface area (TPSA) is 38.3 Å². The van der Waals surface area contributed by atoms with Crippen LogP contribution in [0, 0.1) is 0 Å². The van der Waals surface area contributed by atoms with Crippen LogP contribution >= 0.6 is 0 Å². The van der Waals surface area contributed by atoms with Crippen LogP contribution < -0.4 is 5.32 Å². The molecular weight excluding hydrogens is 238 g/mol. The summed E-state index contributed by atoms with van der Waals surface area (Å²) in [7, 11) is 0. The minimum atomic E-state index is -0.482. The molecule has 0 aliphatic rings. The number of ether oxygens (including phenoxy) is 1. The fourth-order valence-electron chi connectivity index (χ4n) is 1.74. The molecule has 1 atom stereocenters. The fourth-order valence-corrected chi connectivity index (χ4v) is 1.74. The van der Waals surface area contributed by atoms with Gasteiger partial charge in [-0.3, -0.25) is 0 Å². The molecule has 0 aromatic heterocycles. The van der Waals surface area contributed by atoms with E-state index in [4.69, 9.17) is 4.74 Å². The van der Waals surface area contributed by atoms with Gasteiger partial charge in [-0.2, -0.15) is 0 Å². The molecule has 0 bridgehead atoms. The number of amides is 1. The summed E-state index contributed by atoms with van der Waals surface area (Å²) in [5.41, 5.74) is 0.597. The van der Waals surface area contributed by atoms with Gasteiger partial charge in [0, 0.05) is 0 Å². The van der Waals surface area contributed by atoms with Crippen LogP contribution in [-0.4, -0.2) is 11.7 Å². The number of carbonyl (C=O) groups excluding carboxylic acids is 1. The van der Waals surface area contributed by atoms with Crippen LogP contribution in [0.2, 0.25) is 0 Å². The standard InChI is InChI=1S/C16H23NO2/c1-5-6-12-14(13-10-8-7-9-11-13)17-15(18)19-16(2,3)4/h5,7-11,14H,1,6,12H2,2-4H3,(H,17,18)/t14-/m0/s1. The van der Waals surface area contributed by atoms with Crippen molar-refractivity contribution >= 4 is 6.09 Å². The molecule has 1 aromatic rings. The SMILES string of the molecule is C=CCC[C@H](NC(=O)OC(C)(C)C)c1ccccc1. The van der Waals surface area contributed by atoms with Crippen LogP contribution in [0.25, 0.3) is 0 Å². The van der Waals surface area contributed by atoms with E-state index in [2.05, 4.69) is 11.9 Å². The van der Waals surface area contributed by atoms with Gasteiger partial charge in [0.1, 0.15) is 5.60 Å². The smallest absolute Gasteiger partial charge is 0.408 e. The van der Waals surface area contributed by atoms with Crippen molar-refractivity contribution in [1.82, 2.24) is 5.32 Å². The minimum Gasteiger partial charge on any atom is -0.444 e. The molecule has 1 rings (SSSR count). The molecule has 0 spiro atoms. The number of nitrogens with one attached hydrogen (secondary N) is 1. The molecule has 0 saturated heterocycles. The van der Waals surface area contributed by atoms with Gasteiger partial charge in [-0.05, 0) is 39.2 Å². The summed E-state index contributed by atoms with van der Waals surface area (Å²) in [5.74, 6) is 0. The summed E-state index contributed by atoms with van der Waals surface area (Å²) in [4.78, 5) is 11.8. The third kappa shape index (κ3) is 6.09. The van der Waals surface area contributed by atoms with Crippen LogP contribution in [-0.2, 0) is 4.74 Å². The maximum atomic E-state index is 11.8. The normalized spacial score (nSPS) is 12.6. The largest absolute Gasteiger partial charge is 0.444 e. The number of hydrogen-bond donors (Lipinski definition) is 1. The maximum Gasteiger partial charge on any atom is 0.408 e. The predicted molar refractivity (Wildman–Crippen MR) is 78.0 cm³/mol. The molecular formula is C16H23NO2. The molecule has 104 valence electrons. The second kappa shape index (κ2) is 6.98. The second-order valence-corrected chi connectivity index (χ2v) is 5.48. The van der Waals surface area contributed by atoms with E-state index < -0.39 is 5.60 Å². The van der Waals surface area contributed by atoms with Gasteiger partial charge in [-0.15, -0.1) is 6.58 Å². The van der Waals surface area contributed by atoms with Gasteiger partial charge in [0.05, 0.1) is 6.04 Å². The molecule has 0 aliphatic carbocycles. The van der Waals surface area contributed by atoms with Crippen molar-refractivity contribution in [2.24, 2.45) is 0 Å². The molecule has 19 heavy (non-hydrogen) atoms. The zero-order chi connectivity index (χ0) is 14.3. The van der Waals surface area contributed by atoms with Crippen molar-refractivity contribution in [1.29, 1.82) is 0 Å². The van der Waals surface area contributed by atoms with E-state index in [-0.39, 0.29) is 12.1 Å². The van der Waals surface area contributed by atoms with E-state index in [9.17, 15) is 4.79 Å². The van der Waals surface area contributed by atoms with Crippen LogP contribution in [0.15, 0.2) is 43.0 Å². The van der Waals surface area contributed by atoms with Gasteiger partial charge in [0.2, 0.25) is 0 Å². The monoisotopic (exact) mass is 261 g/mol. The summed E-state index contributed by atoms with van der Waals surface area (Å²) in [6.07, 6.45) is 3.12. The molecule has 1 N–H and O–H groups in total. The highest BCUT2D eigenvalue weighted by Crippen LogP contribution is 2.19. The molecule has 1 aromatic carbocycles. The molecule has 0 saturated carbocycles. The molecule has 0 unspecified atom stereocenters. The van der Waals surface area contributed by atoms with Crippen molar-refractivity contribution in [2.45, 2.75) is 45.3 Å². The molecule has 3 nitrogen and oxygen atoms in total. The first-order chi connectivity index (χ1) is 8.92. The van der Waals surface area contributed by atoms with Gasteiger partial charge < -0.3 is 10.1 Å². The third-order valence-corrected chi connectivity index (χ3v) is 2.55. The first-order valence-electron chi connectivity index (χ1n) is 6.58. The molecule has 1 amide bonds. The Bertz CT molecular complexity index is 407. The van der Waals surface area contributed by atoms with Gasteiger partial charge in [-0.25, -0.2) is 4.79 Å². The Morgan fingerprint density at radius 2 is 2.00 bits per heavy atom. The van der Waals surface area contributed by atoms with E-state index >= 15 is 0 Å². The Kier molecular flexibility index (Phi) is 5.61. The van der Waals surface area contributed by atoms with Crippen LogP contribution in [0.4, 0.5) is 4.79 Å². The van der Waals surface area contributed by atoms with Gasteiger partial charge in [0.25, 0.3) is 0 Å². The highest BCUT2D eigenvalue weighted by atomic mass is 16.6. The van der Waals surface area contributed by atoms with Crippen molar-refractivity contribution < 1.29 is 9.53 Å². The van der Waals surface area contributed by atoms with Crippen LogP contribution in [0.5, 0.6) is 0 Å². The zero-order valence-electron chi connectivity index (χ0n) is 12.0. The zero-order valence-corrected chi connectivity index (χ0v) is 12.0. The Hall–Kier alpha value is -1.77. The predicted octanol–water partition coefficient (Wildman–Crippen LogP) is 4.22. The average Bonchev–Trinajstić information content (AvgIpc) is 2.33. The molecule has 0 radical (unpaired) electrons. The summed E-state index contributed by atoms with van der Waals surface area (Å²) in [6, 6.07) is 9.85. The van der Waals surface area contributed by atoms with Gasteiger partial charge in [0.15, 0.2) is 0 Å². The number of alkyl carbamates (subject to hydrolysis) is 1. The quantitative estimate of drug-likeness (QED) is 0.806. The number of benzene rings is 1. The molecule has 0 aliphatic heterocycles. The van der Waals surface area contributed by atoms with E-state index in [1.54, 1.807) is 0 Å². The Morgan fingerprint density at radius 1 is 1.37 bits per heavy atom. The lowest BCUT2D eigenvalue weighted by molar-refractivity contribution is 0.0501. The number of rotatable bonds is 5. The molecule has 3 heteroatoms. The molecule has 0 fully saturated rings. The van der Waals surface area contributed by atoms with Crippen LogP contribution in [0.3, 0.4) is 0 Å². The first kappa shape index (κ1) is 15.3. The summed E-state index contributed by atoms with van der Waals surface area (Å²) >= 11 is 0. The van der Waals surface area contributed by atoms with E-state index in [1.165, 1.54) is 0 Å². The third-order valence-electron chi connectivity index (χ3n) is 2.55. The molecule has 0 heterocycles.